The number of imidazole rings is 1. The van der Waals surface area contributed by atoms with Gasteiger partial charge in [-0.05, 0) is 26.0 Å². The Labute approximate surface area is 134 Å². The molecule has 4 nitrogen and oxygen atoms in total. The summed E-state index contributed by atoms with van der Waals surface area (Å²) in [4.78, 5) is 9.23. The summed E-state index contributed by atoms with van der Waals surface area (Å²) >= 11 is 1.70. The lowest BCUT2D eigenvalue weighted by Gasteiger charge is -2.11. The fraction of sp³-hybridized carbons (Fsp3) is 0.294. The van der Waals surface area contributed by atoms with E-state index in [1.54, 1.807) is 18.9 Å². The van der Waals surface area contributed by atoms with Gasteiger partial charge in [0, 0.05) is 30.1 Å². The number of ether oxygens (including phenoxy) is 1. The Morgan fingerprint density at radius 1 is 1.23 bits per heavy atom. The van der Waals surface area contributed by atoms with Gasteiger partial charge in [0.05, 0.1) is 23.8 Å². The van der Waals surface area contributed by atoms with E-state index in [1.807, 2.05) is 38.4 Å². The highest BCUT2D eigenvalue weighted by Crippen LogP contribution is 2.29. The predicted octanol–water partition coefficient (Wildman–Crippen LogP) is 3.89. The average Bonchev–Trinajstić information content (AvgIpc) is 2.84. The van der Waals surface area contributed by atoms with Crippen LogP contribution in [0.2, 0.25) is 0 Å². The summed E-state index contributed by atoms with van der Waals surface area (Å²) in [6, 6.07) is 8.18. The van der Waals surface area contributed by atoms with Gasteiger partial charge in [-0.3, -0.25) is 4.98 Å². The number of aryl methyl sites for hydroxylation is 2. The largest absolute Gasteiger partial charge is 0.496 e. The normalized spacial score (nSPS) is 11.1. The van der Waals surface area contributed by atoms with Gasteiger partial charge in [-0.1, -0.05) is 23.9 Å². The number of pyridine rings is 1. The van der Waals surface area contributed by atoms with Crippen LogP contribution in [0.4, 0.5) is 0 Å². The van der Waals surface area contributed by atoms with Crippen molar-refractivity contribution in [2.45, 2.75) is 24.8 Å². The smallest absolute Gasteiger partial charge is 0.169 e. The lowest BCUT2D eigenvalue weighted by atomic mass is 10.1. The first-order valence-corrected chi connectivity index (χ1v) is 8.13. The number of methoxy groups -OCH3 is 1. The highest BCUT2D eigenvalue weighted by molar-refractivity contribution is 7.98. The standard InChI is InChI=1S/C17H19N3OS/c1-11-9-18-14(12(2)16(11)21-4)10-22-17-19-13-7-5-6-8-15(13)20(17)3/h5-9H,10H2,1-4H3. The topological polar surface area (TPSA) is 39.9 Å². The molecule has 0 radical (unpaired) electrons. The molecule has 114 valence electrons. The second-order valence-electron chi connectivity index (χ2n) is 5.28. The van der Waals surface area contributed by atoms with Crippen LogP contribution < -0.4 is 4.74 Å². The van der Waals surface area contributed by atoms with Gasteiger partial charge in [-0.2, -0.15) is 0 Å². The monoisotopic (exact) mass is 313 g/mol. The third-order valence-corrected chi connectivity index (χ3v) is 4.87. The molecule has 3 aromatic rings. The number of para-hydroxylation sites is 2. The zero-order valence-corrected chi connectivity index (χ0v) is 14.1. The van der Waals surface area contributed by atoms with Crippen molar-refractivity contribution in [1.29, 1.82) is 0 Å². The Morgan fingerprint density at radius 3 is 2.73 bits per heavy atom. The Bertz CT molecular complexity index is 826. The molecule has 0 unspecified atom stereocenters. The lowest BCUT2D eigenvalue weighted by Crippen LogP contribution is -1.99. The Morgan fingerprint density at radius 2 is 2.00 bits per heavy atom. The minimum atomic E-state index is 0.777. The molecule has 5 heteroatoms. The van der Waals surface area contributed by atoms with E-state index >= 15 is 0 Å². The molecule has 0 aliphatic rings. The summed E-state index contributed by atoms with van der Waals surface area (Å²) in [6.07, 6.45) is 1.87. The van der Waals surface area contributed by atoms with Gasteiger partial charge in [0.25, 0.3) is 0 Å². The maximum Gasteiger partial charge on any atom is 0.169 e. The average molecular weight is 313 g/mol. The van der Waals surface area contributed by atoms with E-state index in [-0.39, 0.29) is 0 Å². The van der Waals surface area contributed by atoms with E-state index in [1.165, 1.54) is 0 Å². The summed E-state index contributed by atoms with van der Waals surface area (Å²) in [6.45, 7) is 4.07. The molecule has 0 aliphatic carbocycles. The number of rotatable bonds is 4. The molecule has 0 spiro atoms. The molecular formula is C17H19N3OS. The van der Waals surface area contributed by atoms with E-state index < -0.39 is 0 Å². The Balaban J connectivity index is 1.87. The van der Waals surface area contributed by atoms with Crippen LogP contribution in [0.25, 0.3) is 11.0 Å². The predicted molar refractivity (Wildman–Crippen MR) is 90.5 cm³/mol. The van der Waals surface area contributed by atoms with Gasteiger partial charge in [0.2, 0.25) is 0 Å². The minimum absolute atomic E-state index is 0.777. The molecule has 0 saturated heterocycles. The van der Waals surface area contributed by atoms with Gasteiger partial charge in [-0.15, -0.1) is 0 Å². The molecular weight excluding hydrogens is 294 g/mol. The molecule has 22 heavy (non-hydrogen) atoms. The first-order chi connectivity index (χ1) is 10.6. The van der Waals surface area contributed by atoms with Crippen molar-refractivity contribution >= 4 is 22.8 Å². The van der Waals surface area contributed by atoms with E-state index in [4.69, 9.17) is 4.74 Å². The van der Waals surface area contributed by atoms with Crippen LogP contribution in [0.3, 0.4) is 0 Å². The van der Waals surface area contributed by atoms with Crippen molar-refractivity contribution in [2.24, 2.45) is 7.05 Å². The fourth-order valence-electron chi connectivity index (χ4n) is 2.60. The Hall–Kier alpha value is -2.01. The lowest BCUT2D eigenvalue weighted by molar-refractivity contribution is 0.407. The van der Waals surface area contributed by atoms with E-state index in [9.17, 15) is 0 Å². The number of thioether (sulfide) groups is 1. The van der Waals surface area contributed by atoms with Crippen LogP contribution in [-0.2, 0) is 12.8 Å². The zero-order valence-electron chi connectivity index (χ0n) is 13.3. The van der Waals surface area contributed by atoms with Crippen LogP contribution >= 0.6 is 11.8 Å². The molecule has 0 fully saturated rings. The fourth-order valence-corrected chi connectivity index (χ4v) is 3.61. The summed E-state index contributed by atoms with van der Waals surface area (Å²) in [5.41, 5.74) is 5.39. The van der Waals surface area contributed by atoms with Crippen LogP contribution in [0.5, 0.6) is 5.75 Å². The number of hydrogen-bond donors (Lipinski definition) is 0. The third-order valence-electron chi connectivity index (χ3n) is 3.83. The quantitative estimate of drug-likeness (QED) is 0.685. The number of hydrogen-bond acceptors (Lipinski definition) is 4. The maximum atomic E-state index is 5.47. The highest BCUT2D eigenvalue weighted by Gasteiger charge is 2.12. The molecule has 0 atom stereocenters. The molecule has 0 aliphatic heterocycles. The molecule has 0 N–H and O–H groups in total. The van der Waals surface area contributed by atoms with Gasteiger partial charge >= 0.3 is 0 Å². The van der Waals surface area contributed by atoms with Gasteiger partial charge in [0.15, 0.2) is 5.16 Å². The summed E-state index contributed by atoms with van der Waals surface area (Å²) in [5, 5.41) is 1.00. The van der Waals surface area contributed by atoms with E-state index in [0.717, 1.165) is 44.5 Å². The van der Waals surface area contributed by atoms with E-state index in [2.05, 4.69) is 27.5 Å². The number of benzene rings is 1. The number of fused-ring (bicyclic) bond motifs is 1. The highest BCUT2D eigenvalue weighted by atomic mass is 32.2. The van der Waals surface area contributed by atoms with Gasteiger partial charge in [-0.25, -0.2) is 4.98 Å². The van der Waals surface area contributed by atoms with Crippen molar-refractivity contribution in [3.05, 3.63) is 47.3 Å². The molecule has 0 bridgehead atoms. The van der Waals surface area contributed by atoms with E-state index in [0.29, 0.717) is 0 Å². The number of nitrogens with zero attached hydrogens (tertiary/aromatic N) is 3. The molecule has 0 amide bonds. The van der Waals surface area contributed by atoms with Gasteiger partial charge in [0.1, 0.15) is 5.75 Å². The summed E-state index contributed by atoms with van der Waals surface area (Å²) in [5.74, 6) is 1.70. The first kappa shape index (κ1) is 14.9. The van der Waals surface area contributed by atoms with Crippen molar-refractivity contribution < 1.29 is 4.74 Å². The zero-order chi connectivity index (χ0) is 15.7. The summed E-state index contributed by atoms with van der Waals surface area (Å²) < 4.78 is 7.60. The molecule has 3 rings (SSSR count). The minimum Gasteiger partial charge on any atom is -0.496 e. The number of aromatic nitrogens is 3. The second-order valence-corrected chi connectivity index (χ2v) is 6.22. The van der Waals surface area contributed by atoms with Crippen molar-refractivity contribution in [3.8, 4) is 5.75 Å². The first-order valence-electron chi connectivity index (χ1n) is 7.15. The van der Waals surface area contributed by atoms with Crippen molar-refractivity contribution in [2.75, 3.05) is 7.11 Å². The molecule has 2 aromatic heterocycles. The summed E-state index contributed by atoms with van der Waals surface area (Å²) in [7, 11) is 3.76. The SMILES string of the molecule is COc1c(C)cnc(CSc2nc3ccccc3n2C)c1C. The van der Waals surface area contributed by atoms with Crippen LogP contribution in [-0.4, -0.2) is 21.6 Å². The molecule has 1 aromatic carbocycles. The molecule has 2 heterocycles. The van der Waals surface area contributed by atoms with Crippen LogP contribution in [0.15, 0.2) is 35.6 Å². The van der Waals surface area contributed by atoms with Gasteiger partial charge < -0.3 is 9.30 Å². The van der Waals surface area contributed by atoms with Crippen molar-refractivity contribution in [1.82, 2.24) is 14.5 Å². The van der Waals surface area contributed by atoms with Crippen LogP contribution in [0.1, 0.15) is 16.8 Å². The third kappa shape index (κ3) is 2.57. The van der Waals surface area contributed by atoms with Crippen molar-refractivity contribution in [3.63, 3.8) is 0 Å². The van der Waals surface area contributed by atoms with Crippen LogP contribution in [0, 0.1) is 13.8 Å². The Kier molecular flexibility index (Phi) is 4.07. The second kappa shape index (κ2) is 6.01. The molecule has 0 saturated carbocycles. The maximum absolute atomic E-state index is 5.47.